The van der Waals surface area contributed by atoms with Crippen LogP contribution in [0.3, 0.4) is 0 Å². The van der Waals surface area contributed by atoms with E-state index in [2.05, 4.69) is 84.2 Å². The van der Waals surface area contributed by atoms with E-state index >= 15 is 0 Å². The zero-order chi connectivity index (χ0) is 19.3. The van der Waals surface area contributed by atoms with E-state index in [1.165, 1.54) is 0 Å². The normalized spacial score (nSPS) is 11.3. The number of halogens is 4. The summed E-state index contributed by atoms with van der Waals surface area (Å²) in [6.07, 6.45) is 1.69. The monoisotopic (exact) mass is 616 g/mol. The molecule has 0 aliphatic carbocycles. The van der Waals surface area contributed by atoms with Gasteiger partial charge in [-0.3, -0.25) is 0 Å². The zero-order valence-corrected chi connectivity index (χ0v) is 20.5. The number of benzene rings is 2. The lowest BCUT2D eigenvalue weighted by molar-refractivity contribution is 0.918. The quantitative estimate of drug-likeness (QED) is 0.204. The lowest BCUT2D eigenvalue weighted by Gasteiger charge is -2.11. The Bertz CT molecular complexity index is 1140. The maximum atomic E-state index is 4.69. The van der Waals surface area contributed by atoms with Crippen LogP contribution in [0.15, 0.2) is 42.4 Å². The van der Waals surface area contributed by atoms with E-state index in [0.29, 0.717) is 5.95 Å². The van der Waals surface area contributed by atoms with Crippen LogP contribution < -0.4 is 5.32 Å². The maximum absolute atomic E-state index is 4.69. The summed E-state index contributed by atoms with van der Waals surface area (Å²) in [7, 11) is 1.93. The van der Waals surface area contributed by atoms with Crippen LogP contribution in [-0.4, -0.2) is 24.7 Å². The molecule has 0 aliphatic heterocycles. The standard InChI is InChI=1S/C17H12Br4N6/c1-7-8(16-26-22-6-27(16)2)4-3-5-9(7)23-17-24-14-12(20)10(18)11(19)13(21)15(14)25-17/h3-6H,1-2H3,(H2,23,24,25). The molecule has 0 atom stereocenters. The van der Waals surface area contributed by atoms with Crippen molar-refractivity contribution < 1.29 is 0 Å². The van der Waals surface area contributed by atoms with Gasteiger partial charge in [-0.1, -0.05) is 12.1 Å². The second kappa shape index (κ2) is 7.31. The van der Waals surface area contributed by atoms with Crippen molar-refractivity contribution >= 4 is 86.4 Å². The number of nitrogens with one attached hydrogen (secondary N) is 2. The fourth-order valence-corrected chi connectivity index (χ4v) is 5.11. The van der Waals surface area contributed by atoms with Gasteiger partial charge in [0.15, 0.2) is 5.82 Å². The number of hydrogen-bond acceptors (Lipinski definition) is 4. The van der Waals surface area contributed by atoms with Crippen molar-refractivity contribution in [2.75, 3.05) is 5.32 Å². The molecule has 4 rings (SSSR count). The van der Waals surface area contributed by atoms with Crippen LogP contribution in [-0.2, 0) is 7.05 Å². The second-order valence-corrected chi connectivity index (χ2v) is 9.11. The lowest BCUT2D eigenvalue weighted by atomic mass is 10.1. The van der Waals surface area contributed by atoms with Crippen LogP contribution in [0.25, 0.3) is 22.4 Å². The van der Waals surface area contributed by atoms with Crippen molar-refractivity contribution in [3.8, 4) is 11.4 Å². The molecule has 0 radical (unpaired) electrons. The van der Waals surface area contributed by atoms with Crippen LogP contribution in [0, 0.1) is 6.92 Å². The van der Waals surface area contributed by atoms with Gasteiger partial charge in [-0.2, -0.15) is 0 Å². The summed E-state index contributed by atoms with van der Waals surface area (Å²) >= 11 is 14.3. The van der Waals surface area contributed by atoms with Crippen molar-refractivity contribution in [2.45, 2.75) is 6.92 Å². The molecule has 4 aromatic rings. The average Bonchev–Trinajstić information content (AvgIpc) is 3.26. The number of aryl methyl sites for hydroxylation is 1. The SMILES string of the molecule is Cc1c(Nc2nc3c(Br)c(Br)c(Br)c(Br)c3[nH]2)cccc1-c1nncn1C. The molecule has 0 amide bonds. The number of aromatic nitrogens is 5. The third-order valence-corrected chi connectivity index (χ3v) is 9.00. The van der Waals surface area contributed by atoms with E-state index in [4.69, 9.17) is 4.98 Å². The molecule has 10 heteroatoms. The molecular formula is C17H12Br4N6. The molecule has 2 aromatic carbocycles. The first-order chi connectivity index (χ1) is 12.9. The number of nitrogens with zero attached hydrogens (tertiary/aromatic N) is 4. The van der Waals surface area contributed by atoms with Crippen LogP contribution in [0.5, 0.6) is 0 Å². The first kappa shape index (κ1) is 19.1. The molecule has 0 fully saturated rings. The Morgan fingerprint density at radius 2 is 1.78 bits per heavy atom. The molecule has 0 bridgehead atoms. The summed E-state index contributed by atoms with van der Waals surface area (Å²) in [5, 5.41) is 11.6. The number of hydrogen-bond donors (Lipinski definition) is 2. The first-order valence-corrected chi connectivity index (χ1v) is 11.0. The highest BCUT2D eigenvalue weighted by Gasteiger charge is 2.18. The van der Waals surface area contributed by atoms with Gasteiger partial charge in [-0.25, -0.2) is 4.98 Å². The van der Waals surface area contributed by atoms with E-state index in [0.717, 1.165) is 51.6 Å². The van der Waals surface area contributed by atoms with Crippen LogP contribution in [0.2, 0.25) is 0 Å². The third kappa shape index (κ3) is 3.26. The van der Waals surface area contributed by atoms with Gasteiger partial charge < -0.3 is 14.9 Å². The van der Waals surface area contributed by atoms with Crippen molar-refractivity contribution in [3.05, 3.63) is 48.0 Å². The third-order valence-electron chi connectivity index (χ3n) is 4.25. The Labute approximate surface area is 188 Å². The summed E-state index contributed by atoms with van der Waals surface area (Å²) in [5.41, 5.74) is 4.74. The summed E-state index contributed by atoms with van der Waals surface area (Å²) < 4.78 is 5.49. The van der Waals surface area contributed by atoms with Gasteiger partial charge in [0.2, 0.25) is 5.95 Å². The largest absolute Gasteiger partial charge is 0.325 e. The topological polar surface area (TPSA) is 71.4 Å². The molecule has 2 N–H and O–H groups in total. The minimum absolute atomic E-state index is 0.648. The van der Waals surface area contributed by atoms with Gasteiger partial charge in [-0.15, -0.1) is 10.2 Å². The average molecular weight is 620 g/mol. The number of aromatic amines is 1. The highest BCUT2D eigenvalue weighted by molar-refractivity contribution is 9.15. The predicted octanol–water partition coefficient (Wildman–Crippen LogP) is 6.46. The van der Waals surface area contributed by atoms with E-state index < -0.39 is 0 Å². The second-order valence-electron chi connectivity index (χ2n) is 5.93. The van der Waals surface area contributed by atoms with Crippen molar-refractivity contribution in [2.24, 2.45) is 7.05 Å². The zero-order valence-electron chi connectivity index (χ0n) is 14.1. The summed E-state index contributed by atoms with van der Waals surface area (Å²) in [6.45, 7) is 2.05. The van der Waals surface area contributed by atoms with Crippen molar-refractivity contribution in [1.82, 2.24) is 24.7 Å². The molecule has 0 spiro atoms. The van der Waals surface area contributed by atoms with Gasteiger partial charge in [0.1, 0.15) is 11.8 Å². The Morgan fingerprint density at radius 1 is 1.04 bits per heavy atom. The summed E-state index contributed by atoms with van der Waals surface area (Å²) in [6, 6.07) is 6.03. The van der Waals surface area contributed by atoms with Gasteiger partial charge >= 0.3 is 0 Å². The number of H-pyrrole nitrogens is 1. The number of rotatable bonds is 3. The Hall–Kier alpha value is -1.23. The molecule has 0 saturated heterocycles. The minimum Gasteiger partial charge on any atom is -0.325 e. The molecule has 2 aromatic heterocycles. The number of fused-ring (bicyclic) bond motifs is 1. The molecule has 0 aliphatic rings. The number of anilines is 2. The Morgan fingerprint density at radius 3 is 2.48 bits per heavy atom. The number of imidazole rings is 1. The molecule has 138 valence electrons. The van der Waals surface area contributed by atoms with Gasteiger partial charge in [0, 0.05) is 27.2 Å². The highest BCUT2D eigenvalue weighted by atomic mass is 79.9. The molecule has 27 heavy (non-hydrogen) atoms. The first-order valence-electron chi connectivity index (χ1n) is 7.81. The predicted molar refractivity (Wildman–Crippen MR) is 121 cm³/mol. The van der Waals surface area contributed by atoms with E-state index in [1.54, 1.807) is 6.33 Å². The molecule has 0 unspecified atom stereocenters. The van der Waals surface area contributed by atoms with E-state index in [9.17, 15) is 0 Å². The smallest absolute Gasteiger partial charge is 0.205 e. The maximum Gasteiger partial charge on any atom is 0.205 e. The Balaban J connectivity index is 1.78. The fourth-order valence-electron chi connectivity index (χ4n) is 2.82. The molecular weight excluding hydrogens is 608 g/mol. The Kier molecular flexibility index (Phi) is 5.17. The molecule has 0 saturated carbocycles. The fraction of sp³-hybridized carbons (Fsp3) is 0.118. The molecule has 2 heterocycles. The minimum atomic E-state index is 0.648. The van der Waals surface area contributed by atoms with E-state index in [1.807, 2.05) is 36.7 Å². The van der Waals surface area contributed by atoms with Crippen LogP contribution in [0.4, 0.5) is 11.6 Å². The van der Waals surface area contributed by atoms with Crippen LogP contribution in [0.1, 0.15) is 5.56 Å². The summed E-state index contributed by atoms with van der Waals surface area (Å²) in [5.74, 6) is 1.47. The van der Waals surface area contributed by atoms with E-state index in [-0.39, 0.29) is 0 Å². The van der Waals surface area contributed by atoms with Crippen molar-refractivity contribution in [1.29, 1.82) is 0 Å². The van der Waals surface area contributed by atoms with Crippen molar-refractivity contribution in [3.63, 3.8) is 0 Å². The summed E-state index contributed by atoms with van der Waals surface area (Å²) in [4.78, 5) is 8.02. The molecule has 6 nitrogen and oxygen atoms in total. The van der Waals surface area contributed by atoms with Gasteiger partial charge in [-0.05, 0) is 82.3 Å². The lowest BCUT2D eigenvalue weighted by Crippen LogP contribution is -1.99. The highest BCUT2D eigenvalue weighted by Crippen LogP contribution is 2.43. The van der Waals surface area contributed by atoms with Crippen LogP contribution >= 0.6 is 63.7 Å². The van der Waals surface area contributed by atoms with Gasteiger partial charge in [0.25, 0.3) is 0 Å². The van der Waals surface area contributed by atoms with Gasteiger partial charge in [0.05, 0.1) is 14.5 Å².